The summed E-state index contributed by atoms with van der Waals surface area (Å²) in [7, 11) is 1.94. The molecule has 0 unspecified atom stereocenters. The van der Waals surface area contributed by atoms with Crippen LogP contribution in [-0.4, -0.2) is 29.4 Å². The second kappa shape index (κ2) is 8.12. The molecule has 2 aromatic heterocycles. The van der Waals surface area contributed by atoms with Gasteiger partial charge in [0.2, 0.25) is 5.91 Å². The average Bonchev–Trinajstić information content (AvgIpc) is 3.21. The number of hydrogen-bond donors (Lipinski definition) is 1. The molecule has 0 aliphatic carbocycles. The highest BCUT2D eigenvalue weighted by molar-refractivity contribution is 7.14. The van der Waals surface area contributed by atoms with Crippen LogP contribution in [0, 0.1) is 20.8 Å². The van der Waals surface area contributed by atoms with Crippen molar-refractivity contribution in [1.29, 1.82) is 0 Å². The molecule has 6 heteroatoms. The second-order valence-electron chi connectivity index (χ2n) is 6.65. The van der Waals surface area contributed by atoms with Crippen molar-refractivity contribution in [2.75, 3.05) is 18.9 Å². The Bertz CT molecular complexity index is 877. The average molecular weight is 386 g/mol. The van der Waals surface area contributed by atoms with Gasteiger partial charge in [-0.05, 0) is 50.4 Å². The molecule has 0 bridgehead atoms. The molecule has 3 rings (SSSR count). The van der Waals surface area contributed by atoms with E-state index in [1.54, 1.807) is 22.7 Å². The Labute approximate surface area is 162 Å². The Morgan fingerprint density at radius 3 is 2.58 bits per heavy atom. The molecule has 26 heavy (non-hydrogen) atoms. The van der Waals surface area contributed by atoms with Crippen LogP contribution in [0.3, 0.4) is 0 Å². The lowest BCUT2D eigenvalue weighted by Gasteiger charge is -2.17. The Morgan fingerprint density at radius 1 is 1.19 bits per heavy atom. The van der Waals surface area contributed by atoms with Crippen LogP contribution in [0.4, 0.5) is 5.69 Å². The van der Waals surface area contributed by atoms with E-state index in [0.29, 0.717) is 13.1 Å². The van der Waals surface area contributed by atoms with Crippen LogP contribution in [0.5, 0.6) is 0 Å². The number of carbonyl (C=O) groups is 1. The zero-order valence-electron chi connectivity index (χ0n) is 15.5. The first kappa shape index (κ1) is 18.8. The molecule has 1 amide bonds. The van der Waals surface area contributed by atoms with E-state index in [0.717, 1.165) is 33.1 Å². The lowest BCUT2D eigenvalue weighted by atomic mass is 10.1. The number of aromatic nitrogens is 1. The van der Waals surface area contributed by atoms with Gasteiger partial charge in [0.1, 0.15) is 5.01 Å². The highest BCUT2D eigenvalue weighted by Gasteiger charge is 2.13. The summed E-state index contributed by atoms with van der Waals surface area (Å²) < 4.78 is 0. The fourth-order valence-corrected chi connectivity index (χ4v) is 4.56. The Balaban J connectivity index is 1.58. The first-order valence-corrected chi connectivity index (χ1v) is 10.3. The number of amides is 1. The number of carbonyl (C=O) groups excluding carboxylic acids is 1. The normalized spacial score (nSPS) is 11.1. The maximum absolute atomic E-state index is 12.4. The second-order valence-corrected chi connectivity index (χ2v) is 8.29. The summed E-state index contributed by atoms with van der Waals surface area (Å²) in [6.45, 7) is 7.11. The minimum Gasteiger partial charge on any atom is -0.324 e. The Kier molecular flexibility index (Phi) is 5.86. The van der Waals surface area contributed by atoms with Gasteiger partial charge in [0.05, 0.1) is 12.2 Å². The van der Waals surface area contributed by atoms with Crippen LogP contribution < -0.4 is 5.32 Å². The molecule has 1 N–H and O–H groups in total. The topological polar surface area (TPSA) is 45.2 Å². The molecule has 2 heterocycles. The predicted octanol–water partition coefficient (Wildman–Crippen LogP) is 4.87. The van der Waals surface area contributed by atoms with Gasteiger partial charge >= 0.3 is 0 Å². The monoisotopic (exact) mass is 385 g/mol. The van der Waals surface area contributed by atoms with Crippen molar-refractivity contribution in [2.24, 2.45) is 0 Å². The van der Waals surface area contributed by atoms with E-state index in [1.165, 1.54) is 5.56 Å². The number of hydrogen-bond acceptors (Lipinski definition) is 5. The van der Waals surface area contributed by atoms with E-state index in [4.69, 9.17) is 0 Å². The third-order valence-corrected chi connectivity index (χ3v) is 5.73. The number of anilines is 1. The van der Waals surface area contributed by atoms with Gasteiger partial charge < -0.3 is 5.32 Å². The van der Waals surface area contributed by atoms with Crippen molar-refractivity contribution in [3.8, 4) is 10.6 Å². The lowest BCUT2D eigenvalue weighted by Crippen LogP contribution is -2.30. The van der Waals surface area contributed by atoms with Crippen LogP contribution in [0.25, 0.3) is 10.6 Å². The van der Waals surface area contributed by atoms with E-state index in [-0.39, 0.29) is 5.91 Å². The molecule has 0 saturated carbocycles. The predicted molar refractivity (Wildman–Crippen MR) is 111 cm³/mol. The maximum atomic E-state index is 12.4. The van der Waals surface area contributed by atoms with E-state index < -0.39 is 0 Å². The molecule has 1 aromatic carbocycles. The molecule has 4 nitrogen and oxygen atoms in total. The van der Waals surface area contributed by atoms with E-state index >= 15 is 0 Å². The summed E-state index contributed by atoms with van der Waals surface area (Å²) in [6.07, 6.45) is 0. The van der Waals surface area contributed by atoms with E-state index in [1.807, 2.05) is 25.8 Å². The van der Waals surface area contributed by atoms with Crippen molar-refractivity contribution in [2.45, 2.75) is 27.3 Å². The molecule has 0 radical (unpaired) electrons. The number of likely N-dealkylation sites (N-methyl/N-ethyl adjacent to an activating group) is 1. The first-order chi connectivity index (χ1) is 12.4. The molecular formula is C20H23N3OS2. The van der Waals surface area contributed by atoms with Crippen LogP contribution in [-0.2, 0) is 11.3 Å². The van der Waals surface area contributed by atoms with Gasteiger partial charge in [-0.1, -0.05) is 17.7 Å². The highest BCUT2D eigenvalue weighted by Crippen LogP contribution is 2.26. The van der Waals surface area contributed by atoms with Crippen molar-refractivity contribution in [3.63, 3.8) is 0 Å². The molecule has 0 aliphatic rings. The van der Waals surface area contributed by atoms with Gasteiger partial charge in [-0.2, -0.15) is 11.3 Å². The summed E-state index contributed by atoms with van der Waals surface area (Å²) in [5.74, 6) is -0.00385. The fraction of sp³-hybridized carbons (Fsp3) is 0.300. The van der Waals surface area contributed by atoms with Crippen molar-refractivity contribution in [3.05, 3.63) is 56.7 Å². The highest BCUT2D eigenvalue weighted by atomic mass is 32.1. The van der Waals surface area contributed by atoms with Crippen molar-refractivity contribution in [1.82, 2.24) is 9.88 Å². The first-order valence-electron chi connectivity index (χ1n) is 8.45. The van der Waals surface area contributed by atoms with Gasteiger partial charge in [0.15, 0.2) is 0 Å². The summed E-state index contributed by atoms with van der Waals surface area (Å²) in [6, 6.07) is 6.26. The third-order valence-electron chi connectivity index (χ3n) is 4.11. The summed E-state index contributed by atoms with van der Waals surface area (Å²) >= 11 is 3.32. The smallest absolute Gasteiger partial charge is 0.238 e. The fourth-order valence-electron chi connectivity index (χ4n) is 3.03. The number of benzene rings is 1. The number of thiazole rings is 1. The van der Waals surface area contributed by atoms with E-state index in [2.05, 4.69) is 51.6 Å². The number of rotatable bonds is 6. The standard InChI is InChI=1S/C20H23N3OS2/c1-13-7-14(2)19(15(3)8-13)22-18(24)10-23(4)9-17-12-26-20(21-17)16-5-6-25-11-16/h5-8,11-12H,9-10H2,1-4H3,(H,22,24). The molecule has 3 aromatic rings. The van der Waals surface area contributed by atoms with Crippen molar-refractivity contribution < 1.29 is 4.79 Å². The summed E-state index contributed by atoms with van der Waals surface area (Å²) in [5, 5.41) is 10.3. The van der Waals surface area contributed by atoms with Crippen molar-refractivity contribution >= 4 is 34.3 Å². The molecule has 136 valence electrons. The Hall–Kier alpha value is -2.02. The molecule has 0 saturated heterocycles. The molecular weight excluding hydrogens is 362 g/mol. The quantitative estimate of drug-likeness (QED) is 0.658. The summed E-state index contributed by atoms with van der Waals surface area (Å²) in [5.41, 5.74) is 6.48. The molecule has 0 fully saturated rings. The van der Waals surface area contributed by atoms with Crippen LogP contribution in [0.15, 0.2) is 34.3 Å². The molecule has 0 atom stereocenters. The van der Waals surface area contributed by atoms with Crippen LogP contribution in [0.2, 0.25) is 0 Å². The molecule has 0 spiro atoms. The minimum atomic E-state index is -0.00385. The van der Waals surface area contributed by atoms with Crippen LogP contribution >= 0.6 is 22.7 Å². The van der Waals surface area contributed by atoms with Gasteiger partial charge in [0.25, 0.3) is 0 Å². The van der Waals surface area contributed by atoms with E-state index in [9.17, 15) is 4.79 Å². The molecule has 0 aliphatic heterocycles. The number of thiophene rings is 1. The number of nitrogens with zero attached hydrogens (tertiary/aromatic N) is 2. The number of aryl methyl sites for hydroxylation is 3. The van der Waals surface area contributed by atoms with Gasteiger partial charge in [-0.3, -0.25) is 9.69 Å². The minimum absolute atomic E-state index is 0.00385. The maximum Gasteiger partial charge on any atom is 0.238 e. The Morgan fingerprint density at radius 2 is 1.92 bits per heavy atom. The largest absolute Gasteiger partial charge is 0.324 e. The van der Waals surface area contributed by atoms with Gasteiger partial charge in [0, 0.05) is 28.6 Å². The van der Waals surface area contributed by atoms with Gasteiger partial charge in [-0.25, -0.2) is 4.98 Å². The summed E-state index contributed by atoms with van der Waals surface area (Å²) in [4.78, 5) is 19.1. The third kappa shape index (κ3) is 4.58. The van der Waals surface area contributed by atoms with Gasteiger partial charge in [-0.15, -0.1) is 11.3 Å². The zero-order chi connectivity index (χ0) is 18.7. The lowest BCUT2D eigenvalue weighted by molar-refractivity contribution is -0.117. The zero-order valence-corrected chi connectivity index (χ0v) is 17.1. The number of nitrogens with one attached hydrogen (secondary N) is 1. The van der Waals surface area contributed by atoms with Crippen LogP contribution in [0.1, 0.15) is 22.4 Å². The SMILES string of the molecule is Cc1cc(C)c(NC(=O)CN(C)Cc2csc(-c3ccsc3)n2)c(C)c1.